The molecule has 21 heavy (non-hydrogen) atoms. The van der Waals surface area contributed by atoms with E-state index >= 15 is 0 Å². The second kappa shape index (κ2) is 5.31. The quantitative estimate of drug-likeness (QED) is 0.544. The number of benzene rings is 2. The fourth-order valence-corrected chi connectivity index (χ4v) is 2.93. The second-order valence-electron chi connectivity index (χ2n) is 4.55. The molecular formula is C15H8BrClF2N2. The molecule has 0 aliphatic rings. The Morgan fingerprint density at radius 1 is 1.05 bits per heavy atom. The molecule has 0 saturated carbocycles. The number of rotatable bonds is 1. The van der Waals surface area contributed by atoms with Crippen molar-refractivity contribution in [1.82, 2.24) is 9.97 Å². The summed E-state index contributed by atoms with van der Waals surface area (Å²) in [7, 11) is 0. The summed E-state index contributed by atoms with van der Waals surface area (Å²) >= 11 is 9.44. The maximum Gasteiger partial charge on any atom is 0.161 e. The Morgan fingerprint density at radius 3 is 2.48 bits per heavy atom. The summed E-state index contributed by atoms with van der Waals surface area (Å²) in [4.78, 5) is 8.39. The summed E-state index contributed by atoms with van der Waals surface area (Å²) in [6, 6.07) is 7.31. The summed E-state index contributed by atoms with van der Waals surface area (Å²) in [6.07, 6.45) is 0. The Bertz CT molecular complexity index is 868. The molecule has 1 heterocycles. The fraction of sp³-hybridized carbons (Fsp3) is 0.0667. The van der Waals surface area contributed by atoms with E-state index in [1.165, 1.54) is 18.2 Å². The van der Waals surface area contributed by atoms with E-state index in [0.717, 1.165) is 0 Å². The van der Waals surface area contributed by atoms with Crippen LogP contribution in [-0.2, 0) is 0 Å². The molecule has 0 fully saturated rings. The molecule has 0 aliphatic carbocycles. The zero-order valence-corrected chi connectivity index (χ0v) is 13.1. The van der Waals surface area contributed by atoms with Gasteiger partial charge in [-0.05, 0) is 58.7 Å². The molecule has 0 bridgehead atoms. The molecule has 3 aromatic rings. The van der Waals surface area contributed by atoms with Crippen LogP contribution in [0.3, 0.4) is 0 Å². The highest BCUT2D eigenvalue weighted by atomic mass is 79.9. The van der Waals surface area contributed by atoms with Gasteiger partial charge in [0.2, 0.25) is 0 Å². The van der Waals surface area contributed by atoms with E-state index < -0.39 is 5.82 Å². The van der Waals surface area contributed by atoms with E-state index in [4.69, 9.17) is 11.6 Å². The SMILES string of the molecule is Cc1cc(-c2nc(Cl)c3c(Br)ccc(F)c3n2)ccc1F. The lowest BCUT2D eigenvalue weighted by Crippen LogP contribution is -1.95. The van der Waals surface area contributed by atoms with Crippen molar-refractivity contribution in [3.05, 3.63) is 57.2 Å². The summed E-state index contributed by atoms with van der Waals surface area (Å²) in [5, 5.41) is 0.558. The molecule has 6 heteroatoms. The Labute approximate surface area is 132 Å². The molecule has 0 spiro atoms. The minimum absolute atomic E-state index is 0.126. The van der Waals surface area contributed by atoms with E-state index in [0.29, 0.717) is 21.0 Å². The minimum Gasteiger partial charge on any atom is -0.225 e. The van der Waals surface area contributed by atoms with Crippen molar-refractivity contribution in [1.29, 1.82) is 0 Å². The fourth-order valence-electron chi connectivity index (χ4n) is 2.04. The topological polar surface area (TPSA) is 25.8 Å². The van der Waals surface area contributed by atoms with Crippen molar-refractivity contribution < 1.29 is 8.78 Å². The molecule has 2 aromatic carbocycles. The number of fused-ring (bicyclic) bond motifs is 1. The summed E-state index contributed by atoms with van der Waals surface area (Å²) in [5.74, 6) is -0.551. The standard InChI is InChI=1S/C15H8BrClF2N2/c1-7-6-8(2-4-10(7)18)15-20-13-11(19)5-3-9(16)12(13)14(17)21-15/h2-6H,1H3. The first-order valence-electron chi connectivity index (χ1n) is 6.05. The first-order chi connectivity index (χ1) is 9.97. The molecule has 2 nitrogen and oxygen atoms in total. The third-order valence-electron chi connectivity index (χ3n) is 3.12. The molecule has 0 amide bonds. The van der Waals surface area contributed by atoms with Crippen molar-refractivity contribution in [2.24, 2.45) is 0 Å². The van der Waals surface area contributed by atoms with Crippen LogP contribution < -0.4 is 0 Å². The van der Waals surface area contributed by atoms with Gasteiger partial charge in [0.05, 0.1) is 5.39 Å². The molecule has 0 N–H and O–H groups in total. The molecule has 0 radical (unpaired) electrons. The van der Waals surface area contributed by atoms with Crippen molar-refractivity contribution >= 4 is 38.4 Å². The van der Waals surface area contributed by atoms with Gasteiger partial charge in [0.15, 0.2) is 5.82 Å². The maximum absolute atomic E-state index is 14.0. The Kier molecular flexibility index (Phi) is 3.63. The molecule has 106 valence electrons. The van der Waals surface area contributed by atoms with Crippen LogP contribution in [0.25, 0.3) is 22.3 Å². The maximum atomic E-state index is 14.0. The van der Waals surface area contributed by atoms with Gasteiger partial charge in [-0.15, -0.1) is 0 Å². The average molecular weight is 370 g/mol. The van der Waals surface area contributed by atoms with Gasteiger partial charge in [-0.25, -0.2) is 18.7 Å². The molecule has 0 aliphatic heterocycles. The summed E-state index contributed by atoms with van der Waals surface area (Å²) < 4.78 is 27.9. The van der Waals surface area contributed by atoms with Gasteiger partial charge in [-0.3, -0.25) is 0 Å². The molecule has 0 saturated heterocycles. The first kappa shape index (κ1) is 14.4. The van der Waals surface area contributed by atoms with Crippen molar-refractivity contribution in [2.75, 3.05) is 0 Å². The lowest BCUT2D eigenvalue weighted by molar-refractivity contribution is 0.618. The van der Waals surface area contributed by atoms with Crippen LogP contribution in [0.5, 0.6) is 0 Å². The Hall–Kier alpha value is -1.59. The van der Waals surface area contributed by atoms with Gasteiger partial charge >= 0.3 is 0 Å². The average Bonchev–Trinajstić information content (AvgIpc) is 2.45. The van der Waals surface area contributed by atoms with Crippen LogP contribution in [-0.4, -0.2) is 9.97 Å². The molecule has 0 unspecified atom stereocenters. The highest BCUT2D eigenvalue weighted by Crippen LogP contribution is 2.32. The minimum atomic E-state index is -0.488. The number of nitrogens with zero attached hydrogens (tertiary/aromatic N) is 2. The van der Waals surface area contributed by atoms with Crippen LogP contribution in [0.1, 0.15) is 5.56 Å². The van der Waals surface area contributed by atoms with Crippen LogP contribution in [0.2, 0.25) is 5.15 Å². The molecule has 1 aromatic heterocycles. The van der Waals surface area contributed by atoms with Gasteiger partial charge in [-0.1, -0.05) is 11.6 Å². The van der Waals surface area contributed by atoms with E-state index in [2.05, 4.69) is 25.9 Å². The molecular weight excluding hydrogens is 362 g/mol. The van der Waals surface area contributed by atoms with E-state index in [1.807, 2.05) is 0 Å². The van der Waals surface area contributed by atoms with Crippen molar-refractivity contribution in [2.45, 2.75) is 6.92 Å². The molecule has 0 atom stereocenters. The van der Waals surface area contributed by atoms with Gasteiger partial charge in [0.1, 0.15) is 22.3 Å². The Balaban J connectivity index is 2.30. The van der Waals surface area contributed by atoms with Crippen molar-refractivity contribution in [3.63, 3.8) is 0 Å². The normalized spacial score (nSPS) is 11.1. The van der Waals surface area contributed by atoms with Gasteiger partial charge in [0, 0.05) is 10.0 Å². The van der Waals surface area contributed by atoms with Crippen molar-refractivity contribution in [3.8, 4) is 11.4 Å². The predicted octanol–water partition coefficient (Wildman–Crippen LogP) is 5.30. The number of hydrogen-bond acceptors (Lipinski definition) is 2. The smallest absolute Gasteiger partial charge is 0.161 e. The second-order valence-corrected chi connectivity index (χ2v) is 5.77. The first-order valence-corrected chi connectivity index (χ1v) is 7.22. The van der Waals surface area contributed by atoms with Gasteiger partial charge in [0.25, 0.3) is 0 Å². The third kappa shape index (κ3) is 2.51. The van der Waals surface area contributed by atoms with Crippen LogP contribution in [0, 0.1) is 18.6 Å². The highest BCUT2D eigenvalue weighted by molar-refractivity contribution is 9.10. The third-order valence-corrected chi connectivity index (χ3v) is 4.06. The summed E-state index contributed by atoms with van der Waals surface area (Å²) in [6.45, 7) is 1.64. The lowest BCUT2D eigenvalue weighted by Gasteiger charge is -2.08. The van der Waals surface area contributed by atoms with E-state index in [1.54, 1.807) is 19.1 Å². The predicted molar refractivity (Wildman–Crippen MR) is 82.3 cm³/mol. The van der Waals surface area contributed by atoms with E-state index in [9.17, 15) is 8.78 Å². The van der Waals surface area contributed by atoms with Crippen LogP contribution in [0.15, 0.2) is 34.8 Å². The molecule has 3 rings (SSSR count). The van der Waals surface area contributed by atoms with Gasteiger partial charge in [-0.2, -0.15) is 0 Å². The van der Waals surface area contributed by atoms with Gasteiger partial charge < -0.3 is 0 Å². The Morgan fingerprint density at radius 2 is 1.76 bits per heavy atom. The largest absolute Gasteiger partial charge is 0.225 e. The number of hydrogen-bond donors (Lipinski definition) is 0. The van der Waals surface area contributed by atoms with Crippen LogP contribution in [0.4, 0.5) is 8.78 Å². The zero-order chi connectivity index (χ0) is 15.1. The number of aromatic nitrogens is 2. The summed E-state index contributed by atoms with van der Waals surface area (Å²) in [5.41, 5.74) is 1.17. The highest BCUT2D eigenvalue weighted by Gasteiger charge is 2.14. The number of halogens is 4. The van der Waals surface area contributed by atoms with Crippen LogP contribution >= 0.6 is 27.5 Å². The lowest BCUT2D eigenvalue weighted by atomic mass is 10.1. The monoisotopic (exact) mass is 368 g/mol. The van der Waals surface area contributed by atoms with E-state index in [-0.39, 0.29) is 22.3 Å². The number of aryl methyl sites for hydroxylation is 1. The zero-order valence-electron chi connectivity index (χ0n) is 10.8.